The highest BCUT2D eigenvalue weighted by atomic mass is 16.8. The predicted octanol–water partition coefficient (Wildman–Crippen LogP) is -2.00. The number of carbonyl (C=O) groups excluding carboxylic acids is 2. The molecule has 2 bridgehead atoms. The second kappa shape index (κ2) is 20.6. The van der Waals surface area contributed by atoms with Crippen molar-refractivity contribution in [2.75, 3.05) is 19.8 Å². The summed E-state index contributed by atoms with van der Waals surface area (Å²) in [5, 5.41) is 116. The number of rotatable bonds is 14. The number of esters is 2. The molecule has 4 aliphatic carbocycles. The lowest BCUT2D eigenvalue weighted by molar-refractivity contribution is -0.395. The normalized spacial score (nSPS) is 50.4. The van der Waals surface area contributed by atoms with E-state index < -0.39 is 171 Å². The Morgan fingerprint density at radius 3 is 2.10 bits per heavy atom. The number of fused-ring (bicyclic) bond motifs is 3. The maximum absolute atomic E-state index is 14.4. The van der Waals surface area contributed by atoms with Crippen LogP contribution in [0.1, 0.15) is 97.8 Å². The van der Waals surface area contributed by atoms with Crippen molar-refractivity contribution in [3.05, 3.63) is 12.2 Å². The monoisotopic (exact) mass is 1000 g/mol. The summed E-state index contributed by atoms with van der Waals surface area (Å²) < 4.78 is 54.2. The van der Waals surface area contributed by atoms with Gasteiger partial charge in [0.25, 0.3) is 0 Å². The van der Waals surface area contributed by atoms with Gasteiger partial charge in [-0.15, -0.1) is 0 Å². The zero-order valence-corrected chi connectivity index (χ0v) is 39.7. The van der Waals surface area contributed by atoms with E-state index in [1.54, 1.807) is 0 Å². The van der Waals surface area contributed by atoms with Crippen LogP contribution in [-0.2, 0) is 57.0 Å². The summed E-state index contributed by atoms with van der Waals surface area (Å²) in [4.78, 5) is 37.3. The highest BCUT2D eigenvalue weighted by Gasteiger charge is 2.69. The number of carboxylic acid groups (broad SMARTS) is 1. The van der Waals surface area contributed by atoms with Crippen LogP contribution in [-0.4, -0.2) is 210 Å². The van der Waals surface area contributed by atoms with E-state index in [1.807, 2.05) is 6.92 Å². The fourth-order valence-corrected chi connectivity index (χ4v) is 13.7. The maximum Gasteiger partial charge on any atom is 0.317 e. The second-order valence-electron chi connectivity index (χ2n) is 21.6. The van der Waals surface area contributed by atoms with Crippen molar-refractivity contribution in [2.24, 2.45) is 28.1 Å². The molecule has 0 amide bonds. The van der Waals surface area contributed by atoms with Gasteiger partial charge in [0.2, 0.25) is 6.29 Å². The van der Waals surface area contributed by atoms with Crippen LogP contribution in [0.5, 0.6) is 0 Å². The van der Waals surface area contributed by atoms with Crippen LogP contribution in [0.4, 0.5) is 0 Å². The fourth-order valence-electron chi connectivity index (χ4n) is 13.7. The number of ether oxygens (including phenoxy) is 9. The summed E-state index contributed by atoms with van der Waals surface area (Å²) in [7, 11) is 0. The Kier molecular flexibility index (Phi) is 15.9. The van der Waals surface area contributed by atoms with Crippen LogP contribution in [0.25, 0.3) is 0 Å². The van der Waals surface area contributed by atoms with Gasteiger partial charge in [0.15, 0.2) is 18.9 Å². The first-order chi connectivity index (χ1) is 33.0. The molecule has 4 aliphatic heterocycles. The van der Waals surface area contributed by atoms with E-state index in [4.69, 9.17) is 47.7 Å². The Morgan fingerprint density at radius 2 is 1.40 bits per heavy atom. The van der Waals surface area contributed by atoms with Crippen molar-refractivity contribution < 1.29 is 113 Å². The molecule has 8 rings (SSSR count). The van der Waals surface area contributed by atoms with Gasteiger partial charge in [-0.1, -0.05) is 19.9 Å². The molecular formula is C47H72O23. The first-order valence-electron chi connectivity index (χ1n) is 24.5. The van der Waals surface area contributed by atoms with E-state index in [0.29, 0.717) is 51.4 Å². The summed E-state index contributed by atoms with van der Waals surface area (Å²) in [5.41, 5.74) is -2.08. The Hall–Kier alpha value is -2.53. The SMILES string of the molecule is C=C1C[C@@]23CC[C@H]4[C@@](C)(CCC[C@@]4(C)C(=O)O[C@H]4C[C@@H](O)[C@H](O)[C@@H](COC(=O)CC(=O)O)O4)[C@@H]2CC[C@@]1(O[C@@H]1O[C@H](CO)[C@@H](O)[C@H](O[C@@H]2O[C@H](CO)C[C@H](O)[C@H]2O)[C@H]1O[C@@H]1O[C@@H](C)[C@H](O)[C@@H](O)C1O)C3. The average Bonchev–Trinajstić information content (AvgIpc) is 3.50. The molecule has 0 aromatic carbocycles. The highest BCUT2D eigenvalue weighted by molar-refractivity contribution is 5.90. The minimum absolute atomic E-state index is 0.0633. The van der Waals surface area contributed by atoms with Gasteiger partial charge in [0, 0.05) is 12.8 Å². The number of hydrogen-bond acceptors (Lipinski definition) is 22. The number of carbonyl (C=O) groups is 3. The van der Waals surface area contributed by atoms with Crippen molar-refractivity contribution >= 4 is 17.9 Å². The van der Waals surface area contributed by atoms with E-state index in [-0.39, 0.29) is 30.1 Å². The quantitative estimate of drug-likeness (QED) is 0.0388. The van der Waals surface area contributed by atoms with Gasteiger partial charge in [-0.05, 0) is 93.5 Å². The first-order valence-corrected chi connectivity index (χ1v) is 24.5. The summed E-state index contributed by atoms with van der Waals surface area (Å²) >= 11 is 0. The summed E-state index contributed by atoms with van der Waals surface area (Å²) in [6, 6.07) is 0. The number of hydrogen-bond donors (Lipinski definition) is 11. The zero-order valence-electron chi connectivity index (χ0n) is 39.7. The van der Waals surface area contributed by atoms with E-state index in [9.17, 15) is 65.4 Å². The van der Waals surface area contributed by atoms with Crippen LogP contribution < -0.4 is 0 Å². The Bertz CT molecular complexity index is 1910. The highest BCUT2D eigenvalue weighted by Crippen LogP contribution is 2.74. The van der Waals surface area contributed by atoms with E-state index in [2.05, 4.69) is 13.5 Å². The topological polar surface area (TPSA) is 357 Å². The summed E-state index contributed by atoms with van der Waals surface area (Å²) in [6.45, 7) is 8.26. The standard InChI is InChI=1S/C47H72O23/c1-20-15-46-10-6-27-44(3,8-5-9-45(27,4)43(61)67-31-13-24(51)33(56)26(65-31)18-62-30(54)14-29(52)53)28(46)7-11-47(20,19-46)70-42-39(69-41-37(60)36(59)32(55)21(2)63-41)38(35(58)25(17-49)66-42)68-40-34(57)23(50)12-22(16-48)64-40/h21-28,31-42,48-51,55-60H,1,5-19H2,2-4H3,(H,52,53)/t21-,22-,23-,24+,25+,26+,27-,28-,31-,32-,33-,34+,35+,36+,37?,38-,39+,40-,41-,42-,44+,45+,46+,47+/m0/s1. The van der Waals surface area contributed by atoms with Gasteiger partial charge < -0.3 is 98.8 Å². The molecule has 70 heavy (non-hydrogen) atoms. The third kappa shape index (κ3) is 9.82. The molecule has 0 aromatic heterocycles. The van der Waals surface area contributed by atoms with Crippen LogP contribution in [0, 0.1) is 28.1 Å². The minimum Gasteiger partial charge on any atom is -0.481 e. The molecule has 23 nitrogen and oxygen atoms in total. The van der Waals surface area contributed by atoms with Gasteiger partial charge >= 0.3 is 17.9 Å². The van der Waals surface area contributed by atoms with Crippen molar-refractivity contribution in [3.8, 4) is 0 Å². The Balaban J connectivity index is 1.02. The molecule has 4 saturated heterocycles. The molecule has 398 valence electrons. The molecule has 11 N–H and O–H groups in total. The van der Waals surface area contributed by atoms with Gasteiger partial charge in [-0.2, -0.15) is 0 Å². The van der Waals surface area contributed by atoms with Crippen molar-refractivity contribution in [1.29, 1.82) is 0 Å². The van der Waals surface area contributed by atoms with Crippen LogP contribution in [0.3, 0.4) is 0 Å². The predicted molar refractivity (Wildman–Crippen MR) is 231 cm³/mol. The number of aliphatic hydroxyl groups is 10. The molecule has 1 spiro atoms. The number of carboxylic acids is 1. The number of aliphatic carboxylic acids is 1. The first kappa shape index (κ1) is 53.8. The molecule has 4 heterocycles. The van der Waals surface area contributed by atoms with Crippen LogP contribution >= 0.6 is 0 Å². The smallest absolute Gasteiger partial charge is 0.317 e. The van der Waals surface area contributed by atoms with Gasteiger partial charge in [-0.3, -0.25) is 14.4 Å². The van der Waals surface area contributed by atoms with Crippen LogP contribution in [0.2, 0.25) is 0 Å². The molecule has 1 unspecified atom stereocenters. The summed E-state index contributed by atoms with van der Waals surface area (Å²) in [5.74, 6) is -3.10. The fraction of sp³-hybridized carbons (Fsp3) is 0.894. The maximum atomic E-state index is 14.4. The minimum atomic E-state index is -1.82. The van der Waals surface area contributed by atoms with E-state index >= 15 is 0 Å². The van der Waals surface area contributed by atoms with E-state index in [0.717, 1.165) is 12.0 Å². The molecule has 23 heteroatoms. The van der Waals surface area contributed by atoms with Crippen molar-refractivity contribution in [3.63, 3.8) is 0 Å². The van der Waals surface area contributed by atoms with Gasteiger partial charge in [0.1, 0.15) is 74.1 Å². The third-order valence-corrected chi connectivity index (χ3v) is 17.3. The molecule has 0 aromatic rings. The lowest BCUT2D eigenvalue weighted by Crippen LogP contribution is -2.67. The van der Waals surface area contributed by atoms with Crippen LogP contribution in [0.15, 0.2) is 12.2 Å². The molecule has 4 saturated carbocycles. The second-order valence-corrected chi connectivity index (χ2v) is 21.6. The summed E-state index contributed by atoms with van der Waals surface area (Å²) in [6.07, 6.45) is -22.5. The molecule has 24 atom stereocenters. The Labute approximate surface area is 404 Å². The van der Waals surface area contributed by atoms with E-state index in [1.165, 1.54) is 6.92 Å². The third-order valence-electron chi connectivity index (χ3n) is 17.3. The molecular weight excluding hydrogens is 932 g/mol. The van der Waals surface area contributed by atoms with Crippen molar-refractivity contribution in [1.82, 2.24) is 0 Å². The average molecular weight is 1010 g/mol. The van der Waals surface area contributed by atoms with Crippen molar-refractivity contribution in [2.45, 2.75) is 214 Å². The van der Waals surface area contributed by atoms with Gasteiger partial charge in [-0.25, -0.2) is 0 Å². The molecule has 8 aliphatic rings. The lowest BCUT2D eigenvalue weighted by atomic mass is 9.41. The van der Waals surface area contributed by atoms with Gasteiger partial charge in [0.05, 0.1) is 48.6 Å². The lowest BCUT2D eigenvalue weighted by Gasteiger charge is -2.64. The molecule has 8 fully saturated rings. The number of aliphatic hydroxyl groups excluding tert-OH is 10. The largest absolute Gasteiger partial charge is 0.481 e. The zero-order chi connectivity index (χ0) is 50.8. The Morgan fingerprint density at radius 1 is 0.714 bits per heavy atom. The molecule has 0 radical (unpaired) electrons.